The number of carbonyl (C=O) groups is 1. The van der Waals surface area contributed by atoms with Crippen molar-refractivity contribution in [3.8, 4) is 0 Å². The van der Waals surface area contributed by atoms with Crippen LogP contribution in [0.15, 0.2) is 29.6 Å². The molecule has 0 saturated carbocycles. The first-order chi connectivity index (χ1) is 8.74. The number of carboxylic acid groups (broad SMARTS) is 1. The third kappa shape index (κ3) is 2.82. The molecular formula is C14H17NO2S. The highest BCUT2D eigenvalue weighted by atomic mass is 32.1. The molecule has 96 valence electrons. The molecule has 1 fully saturated rings. The molecule has 0 bridgehead atoms. The van der Waals surface area contributed by atoms with E-state index in [1.54, 1.807) is 0 Å². The highest BCUT2D eigenvalue weighted by molar-refractivity contribution is 7.17. The summed E-state index contributed by atoms with van der Waals surface area (Å²) in [6.07, 6.45) is 1.34. The molecule has 18 heavy (non-hydrogen) atoms. The Balaban J connectivity index is 0.000000367. The van der Waals surface area contributed by atoms with Gasteiger partial charge < -0.3 is 10.0 Å². The Kier molecular flexibility index (Phi) is 4.20. The van der Waals surface area contributed by atoms with E-state index in [9.17, 15) is 0 Å². The fraction of sp³-hybridized carbons (Fsp3) is 0.357. The molecule has 1 aromatic heterocycles. The Morgan fingerprint density at radius 2 is 2.22 bits per heavy atom. The summed E-state index contributed by atoms with van der Waals surface area (Å²) >= 11 is 1.83. The SMILES string of the molecule is CC1CCN(c2ccc3ccsc3c2)C1.O=CO. The van der Waals surface area contributed by atoms with Crippen molar-refractivity contribution in [1.82, 2.24) is 0 Å². The van der Waals surface area contributed by atoms with Gasteiger partial charge in [0.1, 0.15) is 0 Å². The fourth-order valence-electron chi connectivity index (χ4n) is 2.31. The number of nitrogens with zero attached hydrogens (tertiary/aromatic N) is 1. The van der Waals surface area contributed by atoms with Gasteiger partial charge in [-0.2, -0.15) is 0 Å². The molecule has 0 radical (unpaired) electrons. The van der Waals surface area contributed by atoms with Gasteiger partial charge in [0.15, 0.2) is 0 Å². The highest BCUT2D eigenvalue weighted by Crippen LogP contribution is 2.29. The molecular weight excluding hydrogens is 246 g/mol. The first-order valence-electron chi connectivity index (χ1n) is 6.04. The first-order valence-corrected chi connectivity index (χ1v) is 6.92. The average molecular weight is 263 g/mol. The molecule has 1 saturated heterocycles. The molecule has 0 amide bonds. The van der Waals surface area contributed by atoms with E-state index >= 15 is 0 Å². The van der Waals surface area contributed by atoms with Crippen molar-refractivity contribution < 1.29 is 9.90 Å². The fourth-order valence-corrected chi connectivity index (χ4v) is 3.13. The van der Waals surface area contributed by atoms with E-state index in [1.165, 1.54) is 35.3 Å². The zero-order chi connectivity index (χ0) is 13.0. The minimum absolute atomic E-state index is 0.250. The van der Waals surface area contributed by atoms with Gasteiger partial charge in [-0.25, -0.2) is 0 Å². The maximum atomic E-state index is 8.36. The Labute approximate surface area is 111 Å². The van der Waals surface area contributed by atoms with E-state index in [0.717, 1.165) is 5.92 Å². The largest absolute Gasteiger partial charge is 0.483 e. The summed E-state index contributed by atoms with van der Waals surface area (Å²) in [7, 11) is 0. The summed E-state index contributed by atoms with van der Waals surface area (Å²) in [6.45, 7) is 4.53. The lowest BCUT2D eigenvalue weighted by Gasteiger charge is -2.18. The van der Waals surface area contributed by atoms with Gasteiger partial charge in [0.25, 0.3) is 6.47 Å². The quantitative estimate of drug-likeness (QED) is 0.801. The van der Waals surface area contributed by atoms with Crippen LogP contribution in [-0.4, -0.2) is 24.7 Å². The lowest BCUT2D eigenvalue weighted by Crippen LogP contribution is -2.18. The molecule has 0 aliphatic carbocycles. The van der Waals surface area contributed by atoms with Gasteiger partial charge in [-0.15, -0.1) is 11.3 Å². The molecule has 1 unspecified atom stereocenters. The van der Waals surface area contributed by atoms with Crippen molar-refractivity contribution >= 4 is 33.6 Å². The maximum Gasteiger partial charge on any atom is 0.290 e. The molecule has 1 aliphatic heterocycles. The molecule has 2 aromatic rings. The third-order valence-electron chi connectivity index (χ3n) is 3.23. The van der Waals surface area contributed by atoms with E-state index in [4.69, 9.17) is 9.90 Å². The smallest absolute Gasteiger partial charge is 0.290 e. The average Bonchev–Trinajstić information content (AvgIpc) is 2.97. The van der Waals surface area contributed by atoms with Crippen LogP contribution in [-0.2, 0) is 4.79 Å². The molecule has 1 aliphatic rings. The number of rotatable bonds is 1. The molecule has 1 atom stereocenters. The summed E-state index contributed by atoms with van der Waals surface area (Å²) in [5.74, 6) is 0.851. The number of thiophene rings is 1. The summed E-state index contributed by atoms with van der Waals surface area (Å²) in [4.78, 5) is 10.9. The van der Waals surface area contributed by atoms with Crippen LogP contribution in [0.4, 0.5) is 5.69 Å². The number of hydrogen-bond acceptors (Lipinski definition) is 3. The Bertz CT molecular complexity index is 523. The van der Waals surface area contributed by atoms with Crippen molar-refractivity contribution in [1.29, 1.82) is 0 Å². The monoisotopic (exact) mass is 263 g/mol. The summed E-state index contributed by atoms with van der Waals surface area (Å²) in [6, 6.07) is 9.02. The Hall–Kier alpha value is -1.55. The van der Waals surface area contributed by atoms with Crippen LogP contribution in [0.25, 0.3) is 10.1 Å². The Morgan fingerprint density at radius 1 is 1.44 bits per heavy atom. The van der Waals surface area contributed by atoms with Gasteiger partial charge in [-0.1, -0.05) is 13.0 Å². The van der Waals surface area contributed by atoms with Gasteiger partial charge in [-0.3, -0.25) is 4.79 Å². The second kappa shape index (κ2) is 5.87. The minimum atomic E-state index is -0.250. The number of anilines is 1. The van der Waals surface area contributed by atoms with Crippen molar-refractivity contribution in [2.24, 2.45) is 5.92 Å². The predicted octanol–water partition coefficient (Wildman–Crippen LogP) is 3.45. The molecule has 0 spiro atoms. The summed E-state index contributed by atoms with van der Waals surface area (Å²) in [5, 5.41) is 10.4. The van der Waals surface area contributed by atoms with Gasteiger partial charge >= 0.3 is 0 Å². The van der Waals surface area contributed by atoms with Crippen molar-refractivity contribution in [2.45, 2.75) is 13.3 Å². The van der Waals surface area contributed by atoms with E-state index in [0.29, 0.717) is 0 Å². The van der Waals surface area contributed by atoms with E-state index in [-0.39, 0.29) is 6.47 Å². The van der Waals surface area contributed by atoms with E-state index in [1.807, 2.05) is 11.3 Å². The third-order valence-corrected chi connectivity index (χ3v) is 4.11. The molecule has 1 N–H and O–H groups in total. The maximum absolute atomic E-state index is 8.36. The van der Waals surface area contributed by atoms with E-state index in [2.05, 4.69) is 41.5 Å². The van der Waals surface area contributed by atoms with Crippen LogP contribution < -0.4 is 4.90 Å². The minimum Gasteiger partial charge on any atom is -0.483 e. The van der Waals surface area contributed by atoms with Crippen molar-refractivity contribution in [3.63, 3.8) is 0 Å². The summed E-state index contributed by atoms with van der Waals surface area (Å²) in [5.41, 5.74) is 1.40. The van der Waals surface area contributed by atoms with Crippen molar-refractivity contribution in [3.05, 3.63) is 29.6 Å². The number of fused-ring (bicyclic) bond motifs is 1. The predicted molar refractivity (Wildman–Crippen MR) is 76.5 cm³/mol. The Morgan fingerprint density at radius 3 is 2.89 bits per heavy atom. The zero-order valence-corrected chi connectivity index (χ0v) is 11.2. The second-order valence-corrected chi connectivity index (χ2v) is 5.54. The van der Waals surface area contributed by atoms with Crippen molar-refractivity contribution in [2.75, 3.05) is 18.0 Å². The highest BCUT2D eigenvalue weighted by Gasteiger charge is 2.18. The van der Waals surface area contributed by atoms with Crippen LogP contribution in [0.2, 0.25) is 0 Å². The van der Waals surface area contributed by atoms with E-state index < -0.39 is 0 Å². The lowest BCUT2D eigenvalue weighted by atomic mass is 10.2. The second-order valence-electron chi connectivity index (χ2n) is 4.59. The molecule has 3 rings (SSSR count). The first kappa shape index (κ1) is 12.9. The number of hydrogen-bond donors (Lipinski definition) is 1. The normalized spacial score (nSPS) is 18.5. The van der Waals surface area contributed by atoms with Gasteiger partial charge in [0.05, 0.1) is 0 Å². The van der Waals surface area contributed by atoms with Crippen LogP contribution in [0, 0.1) is 5.92 Å². The molecule has 4 heteroatoms. The van der Waals surface area contributed by atoms with Crippen LogP contribution in [0.1, 0.15) is 13.3 Å². The zero-order valence-electron chi connectivity index (χ0n) is 10.4. The lowest BCUT2D eigenvalue weighted by molar-refractivity contribution is -0.122. The number of benzene rings is 1. The molecule has 3 nitrogen and oxygen atoms in total. The van der Waals surface area contributed by atoms with Gasteiger partial charge in [0, 0.05) is 23.5 Å². The van der Waals surface area contributed by atoms with Crippen LogP contribution >= 0.6 is 11.3 Å². The van der Waals surface area contributed by atoms with Crippen LogP contribution in [0.5, 0.6) is 0 Å². The standard InChI is InChI=1S/C13H15NS.CH2O2/c1-10-4-6-14(9-10)12-3-2-11-5-7-15-13(11)8-12;2-1-3/h2-3,5,7-8,10H,4,6,9H2,1H3;1H,(H,2,3). The van der Waals surface area contributed by atoms with Gasteiger partial charge in [0.2, 0.25) is 0 Å². The van der Waals surface area contributed by atoms with Crippen LogP contribution in [0.3, 0.4) is 0 Å². The molecule has 1 aromatic carbocycles. The summed E-state index contributed by atoms with van der Waals surface area (Å²) < 4.78 is 1.41. The topological polar surface area (TPSA) is 40.5 Å². The molecule has 2 heterocycles. The van der Waals surface area contributed by atoms with Gasteiger partial charge in [-0.05, 0) is 41.3 Å².